The van der Waals surface area contributed by atoms with Crippen molar-refractivity contribution >= 4 is 33.2 Å². The molecule has 18 heavy (non-hydrogen) atoms. The van der Waals surface area contributed by atoms with E-state index in [1.54, 1.807) is 11.3 Å². The Morgan fingerprint density at radius 3 is 3.22 bits per heavy atom. The van der Waals surface area contributed by atoms with Gasteiger partial charge in [-0.25, -0.2) is 9.97 Å². The van der Waals surface area contributed by atoms with Gasteiger partial charge in [0.25, 0.3) is 0 Å². The van der Waals surface area contributed by atoms with E-state index in [-0.39, 0.29) is 0 Å². The SMILES string of the molecule is CN(Cc1nc(Cl)c2ccsc2n1)C1CCOC1. The lowest BCUT2D eigenvalue weighted by Gasteiger charge is -2.21. The minimum absolute atomic E-state index is 0.464. The predicted molar refractivity (Wildman–Crippen MR) is 73.1 cm³/mol. The fourth-order valence-electron chi connectivity index (χ4n) is 2.15. The molecule has 0 N–H and O–H groups in total. The summed E-state index contributed by atoms with van der Waals surface area (Å²) in [5, 5.41) is 3.48. The van der Waals surface area contributed by atoms with E-state index >= 15 is 0 Å². The van der Waals surface area contributed by atoms with Gasteiger partial charge < -0.3 is 4.74 Å². The number of nitrogens with zero attached hydrogens (tertiary/aromatic N) is 3. The number of thiophene rings is 1. The first-order chi connectivity index (χ1) is 8.74. The molecule has 6 heteroatoms. The van der Waals surface area contributed by atoms with Crippen LogP contribution in [0.25, 0.3) is 10.2 Å². The predicted octanol–water partition coefficient (Wildman–Crippen LogP) is 2.57. The highest BCUT2D eigenvalue weighted by Crippen LogP contribution is 2.25. The molecule has 1 unspecified atom stereocenters. The van der Waals surface area contributed by atoms with Gasteiger partial charge in [0.1, 0.15) is 15.8 Å². The van der Waals surface area contributed by atoms with Crippen molar-refractivity contribution in [1.29, 1.82) is 0 Å². The monoisotopic (exact) mass is 283 g/mol. The molecule has 0 saturated carbocycles. The van der Waals surface area contributed by atoms with Gasteiger partial charge in [-0.3, -0.25) is 4.90 Å². The van der Waals surface area contributed by atoms with Crippen molar-refractivity contribution in [3.05, 3.63) is 22.4 Å². The Bertz CT molecular complexity index is 553. The second-order valence-corrected chi connectivity index (χ2v) is 5.76. The van der Waals surface area contributed by atoms with E-state index < -0.39 is 0 Å². The summed E-state index contributed by atoms with van der Waals surface area (Å²) in [4.78, 5) is 12.1. The van der Waals surface area contributed by atoms with Gasteiger partial charge in [-0.2, -0.15) is 0 Å². The van der Waals surface area contributed by atoms with Crippen LogP contribution in [0.15, 0.2) is 11.4 Å². The standard InChI is InChI=1S/C12H14ClN3OS/c1-16(8-2-4-17-7-8)6-10-14-11(13)9-3-5-18-12(9)15-10/h3,5,8H,2,4,6-7H2,1H3. The largest absolute Gasteiger partial charge is 0.380 e. The van der Waals surface area contributed by atoms with Crippen molar-refractivity contribution in [3.8, 4) is 0 Å². The number of aromatic nitrogens is 2. The third-order valence-electron chi connectivity index (χ3n) is 3.24. The quantitative estimate of drug-likeness (QED) is 0.812. The topological polar surface area (TPSA) is 38.2 Å². The van der Waals surface area contributed by atoms with E-state index in [2.05, 4.69) is 21.9 Å². The Labute approximate surface area is 115 Å². The van der Waals surface area contributed by atoms with Crippen molar-refractivity contribution in [2.45, 2.75) is 19.0 Å². The molecule has 3 heterocycles. The normalized spacial score (nSPS) is 20.1. The molecule has 0 aromatic carbocycles. The van der Waals surface area contributed by atoms with Crippen LogP contribution < -0.4 is 0 Å². The Balaban J connectivity index is 1.81. The molecule has 1 atom stereocenters. The smallest absolute Gasteiger partial charge is 0.145 e. The maximum atomic E-state index is 6.16. The van der Waals surface area contributed by atoms with Crippen LogP contribution in [0, 0.1) is 0 Å². The summed E-state index contributed by atoms with van der Waals surface area (Å²) in [7, 11) is 2.08. The minimum Gasteiger partial charge on any atom is -0.380 e. The molecule has 0 spiro atoms. The van der Waals surface area contributed by atoms with Crippen LogP contribution in [0.1, 0.15) is 12.2 Å². The molecule has 1 fully saturated rings. The van der Waals surface area contributed by atoms with Crippen molar-refractivity contribution in [2.75, 3.05) is 20.3 Å². The Hall–Kier alpha value is -0.750. The second kappa shape index (κ2) is 5.09. The summed E-state index contributed by atoms with van der Waals surface area (Å²) in [6, 6.07) is 2.42. The number of hydrogen-bond acceptors (Lipinski definition) is 5. The Kier molecular flexibility index (Phi) is 3.48. The van der Waals surface area contributed by atoms with Crippen molar-refractivity contribution in [2.24, 2.45) is 0 Å². The number of fused-ring (bicyclic) bond motifs is 1. The molecule has 4 nitrogen and oxygen atoms in total. The number of halogens is 1. The summed E-state index contributed by atoms with van der Waals surface area (Å²) in [5.74, 6) is 0.782. The van der Waals surface area contributed by atoms with Crippen LogP contribution in [0.2, 0.25) is 5.15 Å². The molecule has 1 saturated heterocycles. The van der Waals surface area contributed by atoms with Gasteiger partial charge in [0.2, 0.25) is 0 Å². The van der Waals surface area contributed by atoms with Gasteiger partial charge in [-0.05, 0) is 24.9 Å². The van der Waals surface area contributed by atoms with Gasteiger partial charge in [0.15, 0.2) is 0 Å². The van der Waals surface area contributed by atoms with Crippen molar-refractivity contribution < 1.29 is 4.74 Å². The fourth-order valence-corrected chi connectivity index (χ4v) is 3.24. The van der Waals surface area contributed by atoms with Crippen LogP contribution >= 0.6 is 22.9 Å². The molecule has 96 valence electrons. The van der Waals surface area contributed by atoms with Crippen molar-refractivity contribution in [3.63, 3.8) is 0 Å². The molecular formula is C12H14ClN3OS. The maximum Gasteiger partial charge on any atom is 0.145 e. The first-order valence-electron chi connectivity index (χ1n) is 5.91. The molecule has 3 rings (SSSR count). The van der Waals surface area contributed by atoms with E-state index in [4.69, 9.17) is 16.3 Å². The van der Waals surface area contributed by atoms with Crippen LogP contribution in [-0.2, 0) is 11.3 Å². The van der Waals surface area contributed by atoms with E-state index in [9.17, 15) is 0 Å². The molecule has 0 bridgehead atoms. The highest BCUT2D eigenvalue weighted by atomic mass is 35.5. The van der Waals surface area contributed by atoms with Gasteiger partial charge in [0.05, 0.1) is 13.2 Å². The zero-order valence-corrected chi connectivity index (χ0v) is 11.7. The van der Waals surface area contributed by atoms with Gasteiger partial charge in [-0.1, -0.05) is 11.6 Å². The molecule has 2 aromatic rings. The zero-order chi connectivity index (χ0) is 12.5. The number of likely N-dealkylation sites (N-methyl/N-ethyl adjacent to an activating group) is 1. The highest BCUT2D eigenvalue weighted by molar-refractivity contribution is 7.16. The summed E-state index contributed by atoms with van der Waals surface area (Å²) < 4.78 is 5.39. The van der Waals surface area contributed by atoms with Crippen LogP contribution in [-0.4, -0.2) is 41.2 Å². The lowest BCUT2D eigenvalue weighted by atomic mass is 10.2. The van der Waals surface area contributed by atoms with Crippen LogP contribution in [0.4, 0.5) is 0 Å². The van der Waals surface area contributed by atoms with Gasteiger partial charge >= 0.3 is 0 Å². The lowest BCUT2D eigenvalue weighted by molar-refractivity contribution is 0.155. The highest BCUT2D eigenvalue weighted by Gasteiger charge is 2.21. The van der Waals surface area contributed by atoms with Crippen molar-refractivity contribution in [1.82, 2.24) is 14.9 Å². The first kappa shape index (κ1) is 12.3. The summed E-state index contributed by atoms with van der Waals surface area (Å²) in [5.41, 5.74) is 0. The number of hydrogen-bond donors (Lipinski definition) is 0. The van der Waals surface area contributed by atoms with E-state index in [1.807, 2.05) is 11.4 Å². The molecule has 0 amide bonds. The molecule has 0 radical (unpaired) electrons. The molecule has 0 aliphatic carbocycles. The molecule has 2 aromatic heterocycles. The van der Waals surface area contributed by atoms with Gasteiger partial charge in [-0.15, -0.1) is 11.3 Å². The zero-order valence-electron chi connectivity index (χ0n) is 10.1. The lowest BCUT2D eigenvalue weighted by Crippen LogP contribution is -2.32. The average molecular weight is 284 g/mol. The van der Waals surface area contributed by atoms with Gasteiger partial charge in [0, 0.05) is 18.0 Å². The van der Waals surface area contributed by atoms with Crippen LogP contribution in [0.3, 0.4) is 0 Å². The van der Waals surface area contributed by atoms with Crippen LogP contribution in [0.5, 0.6) is 0 Å². The summed E-state index contributed by atoms with van der Waals surface area (Å²) in [6.07, 6.45) is 1.07. The summed E-state index contributed by atoms with van der Waals surface area (Å²) >= 11 is 7.76. The molecule has 1 aliphatic rings. The second-order valence-electron chi connectivity index (χ2n) is 4.50. The summed E-state index contributed by atoms with van der Waals surface area (Å²) in [6.45, 7) is 2.35. The minimum atomic E-state index is 0.464. The number of rotatable bonds is 3. The van der Waals surface area contributed by atoms with E-state index in [0.717, 1.165) is 35.7 Å². The third-order valence-corrected chi connectivity index (χ3v) is 4.34. The maximum absolute atomic E-state index is 6.16. The molecular weight excluding hydrogens is 270 g/mol. The van der Waals surface area contributed by atoms with E-state index in [0.29, 0.717) is 17.7 Å². The Morgan fingerprint density at radius 2 is 2.44 bits per heavy atom. The van der Waals surface area contributed by atoms with E-state index in [1.165, 1.54) is 0 Å². The fraction of sp³-hybridized carbons (Fsp3) is 0.500. The third kappa shape index (κ3) is 2.36. The molecule has 1 aliphatic heterocycles. The Morgan fingerprint density at radius 1 is 1.56 bits per heavy atom. The first-order valence-corrected chi connectivity index (χ1v) is 7.17. The average Bonchev–Trinajstić information content (AvgIpc) is 2.99. The number of ether oxygens (including phenoxy) is 1.